The Morgan fingerprint density at radius 1 is 0.738 bits per heavy atom. The fraction of sp³-hybridized carbons (Fsp3) is 0.517. The average Bonchev–Trinajstić information content (AvgIpc) is 4.19. The summed E-state index contributed by atoms with van der Waals surface area (Å²) < 4.78 is 18.6. The van der Waals surface area contributed by atoms with E-state index < -0.39 is 0 Å². The average molecular weight is 1200 g/mol. The normalized spacial score (nSPS) is 15.3. The minimum Gasteiger partial charge on any atom is -0.379 e. The predicted octanol–water partition coefficient (Wildman–Crippen LogP) is 6.82. The predicted molar refractivity (Wildman–Crippen MR) is 326 cm³/mol. The summed E-state index contributed by atoms with van der Waals surface area (Å²) in [5.74, 6) is 1.18. The summed E-state index contributed by atoms with van der Waals surface area (Å²) in [6.45, 7) is 15.9. The van der Waals surface area contributed by atoms with Crippen molar-refractivity contribution in [2.24, 2.45) is 5.92 Å². The van der Waals surface area contributed by atoms with E-state index >= 15 is 0 Å². The molecule has 1 saturated carbocycles. The zero-order valence-corrected chi connectivity index (χ0v) is 50.4. The summed E-state index contributed by atoms with van der Waals surface area (Å²) in [6.07, 6.45) is 8.97. The van der Waals surface area contributed by atoms with Crippen LogP contribution < -0.4 is 41.7 Å². The second-order valence-corrected chi connectivity index (χ2v) is 22.4. The van der Waals surface area contributed by atoms with Crippen LogP contribution in [0.15, 0.2) is 73.1 Å². The maximum atomic E-state index is 13.3. The number of unbranched alkanes of at least 4 members (excludes halogenated alkanes) is 2. The number of aromatic nitrogens is 4. The van der Waals surface area contributed by atoms with Crippen molar-refractivity contribution in [2.75, 3.05) is 119 Å². The molecule has 6 N–H and O–H groups in total. The van der Waals surface area contributed by atoms with Gasteiger partial charge in [0.1, 0.15) is 34.6 Å². The molecule has 84 heavy (non-hydrogen) atoms. The second kappa shape index (κ2) is 34.1. The summed E-state index contributed by atoms with van der Waals surface area (Å²) in [7, 11) is 0. The van der Waals surface area contributed by atoms with Gasteiger partial charge in [-0.15, -0.1) is 0 Å². The van der Waals surface area contributed by atoms with Crippen LogP contribution >= 0.6 is 22.9 Å². The van der Waals surface area contributed by atoms with Gasteiger partial charge in [-0.25, -0.2) is 15.0 Å². The van der Waals surface area contributed by atoms with Gasteiger partial charge in [-0.3, -0.25) is 33.7 Å². The van der Waals surface area contributed by atoms with Gasteiger partial charge in [0.15, 0.2) is 5.13 Å². The molecule has 0 radical (unpaired) electrons. The van der Waals surface area contributed by atoms with Crippen molar-refractivity contribution in [3.05, 3.63) is 106 Å². The highest BCUT2D eigenvalue weighted by molar-refractivity contribution is 7.17. The number of nitrogens with zero attached hydrogens (tertiary/aromatic N) is 7. The number of para-hydroxylation sites is 1. The number of aryl methyl sites for hydroxylation is 3. The number of hydrogen-bond acceptors (Lipinski definition) is 16. The van der Waals surface area contributed by atoms with Crippen molar-refractivity contribution >= 4 is 86.5 Å². The number of amides is 6. The highest BCUT2D eigenvalue weighted by Crippen LogP contribution is 2.29. The first-order valence-corrected chi connectivity index (χ1v) is 30.4. The van der Waals surface area contributed by atoms with Crippen LogP contribution in [0.3, 0.4) is 0 Å². The third kappa shape index (κ3) is 20.9. The zero-order chi connectivity index (χ0) is 59.6. The second-order valence-electron chi connectivity index (χ2n) is 20.9. The minimum atomic E-state index is -0.292. The van der Waals surface area contributed by atoms with E-state index in [1.807, 2.05) is 70.2 Å². The SMILES string of the molecule is CCN(C(=O)Cn1cccc1C(=O)N[C@H]1CC[C@H](C(=O)NCCCCCC(=O)NCCOCCOCCC(=O)NCCOCCN2CCN(c3cc(Nc4ncc(C(=O)Nc5c(C)cccc5Cl)s4)nc(C)n3)CC2)CC1)c1cccc(C)c1. The number of piperazine rings is 1. The van der Waals surface area contributed by atoms with Crippen LogP contribution in [0.25, 0.3) is 0 Å². The van der Waals surface area contributed by atoms with Gasteiger partial charge in [-0.2, -0.15) is 0 Å². The number of ether oxygens (including phenoxy) is 3. The van der Waals surface area contributed by atoms with Crippen LogP contribution in [0, 0.1) is 26.7 Å². The lowest BCUT2D eigenvalue weighted by molar-refractivity contribution is -0.126. The van der Waals surface area contributed by atoms with Crippen molar-refractivity contribution in [2.45, 2.75) is 98.1 Å². The van der Waals surface area contributed by atoms with E-state index in [2.05, 4.69) is 56.7 Å². The van der Waals surface area contributed by atoms with Gasteiger partial charge in [-0.05, 0) is 108 Å². The summed E-state index contributed by atoms with van der Waals surface area (Å²) in [6, 6.07) is 18.6. The quantitative estimate of drug-likeness (QED) is 0.0236. The summed E-state index contributed by atoms with van der Waals surface area (Å²) in [5.41, 5.74) is 3.78. The molecule has 4 heterocycles. The number of halogens is 1. The number of nitrogens with one attached hydrogen (secondary N) is 6. The molecule has 0 spiro atoms. The molecule has 2 aromatic carbocycles. The third-order valence-electron chi connectivity index (χ3n) is 14.6. The molecule has 1 saturated heterocycles. The fourth-order valence-electron chi connectivity index (χ4n) is 9.97. The van der Waals surface area contributed by atoms with Crippen molar-refractivity contribution in [3.63, 3.8) is 0 Å². The summed E-state index contributed by atoms with van der Waals surface area (Å²) in [5, 5.41) is 19.0. The number of hydrogen-bond donors (Lipinski definition) is 6. The van der Waals surface area contributed by atoms with E-state index in [9.17, 15) is 28.8 Å². The van der Waals surface area contributed by atoms with Crippen LogP contribution in [-0.4, -0.2) is 164 Å². The largest absolute Gasteiger partial charge is 0.379 e. The smallest absolute Gasteiger partial charge is 0.268 e. The van der Waals surface area contributed by atoms with Crippen molar-refractivity contribution in [1.82, 2.24) is 45.7 Å². The minimum absolute atomic E-state index is 0.0328. The summed E-state index contributed by atoms with van der Waals surface area (Å²) in [4.78, 5) is 97.4. The van der Waals surface area contributed by atoms with E-state index in [0.29, 0.717) is 136 Å². The third-order valence-corrected chi connectivity index (χ3v) is 15.8. The molecule has 1 aliphatic carbocycles. The molecule has 22 nitrogen and oxygen atoms in total. The number of anilines is 5. The number of rotatable bonds is 33. The van der Waals surface area contributed by atoms with Gasteiger partial charge >= 0.3 is 0 Å². The highest BCUT2D eigenvalue weighted by atomic mass is 35.5. The number of likely N-dealkylation sites (N-methyl/N-ethyl adjacent to an activating group) is 1. The van der Waals surface area contributed by atoms with Crippen LogP contribution in [-0.2, 0) is 39.9 Å². The first kappa shape index (κ1) is 64.5. The van der Waals surface area contributed by atoms with Gasteiger partial charge in [0.25, 0.3) is 11.8 Å². The van der Waals surface area contributed by atoms with Crippen molar-refractivity contribution in [3.8, 4) is 0 Å². The first-order valence-electron chi connectivity index (χ1n) is 29.2. The lowest BCUT2D eigenvalue weighted by atomic mass is 9.85. The molecule has 6 amide bonds. The van der Waals surface area contributed by atoms with Crippen molar-refractivity contribution in [1.29, 1.82) is 0 Å². The molecule has 3 aromatic heterocycles. The Kier molecular flexibility index (Phi) is 26.2. The highest BCUT2D eigenvalue weighted by Gasteiger charge is 2.28. The number of benzene rings is 2. The number of thiazole rings is 1. The van der Waals surface area contributed by atoms with Crippen LogP contribution in [0.4, 0.5) is 28.1 Å². The van der Waals surface area contributed by atoms with Gasteiger partial charge in [0.05, 0.1) is 56.5 Å². The van der Waals surface area contributed by atoms with E-state index in [1.165, 1.54) is 17.5 Å². The molecular formula is C60H82ClN13O9S. The molecule has 1 aliphatic heterocycles. The van der Waals surface area contributed by atoms with Crippen LogP contribution in [0.5, 0.6) is 0 Å². The monoisotopic (exact) mass is 1200 g/mol. The lowest BCUT2D eigenvalue weighted by Crippen LogP contribution is -2.47. The Labute approximate surface area is 501 Å². The molecule has 0 atom stereocenters. The Morgan fingerprint density at radius 2 is 1.46 bits per heavy atom. The zero-order valence-electron chi connectivity index (χ0n) is 48.9. The lowest BCUT2D eigenvalue weighted by Gasteiger charge is -2.35. The maximum Gasteiger partial charge on any atom is 0.268 e. The molecule has 2 fully saturated rings. The van der Waals surface area contributed by atoms with Crippen molar-refractivity contribution < 1.29 is 43.0 Å². The van der Waals surface area contributed by atoms with E-state index in [0.717, 1.165) is 68.2 Å². The molecule has 24 heteroatoms. The van der Waals surface area contributed by atoms with Crippen LogP contribution in [0.2, 0.25) is 5.02 Å². The fourth-order valence-corrected chi connectivity index (χ4v) is 11.0. The molecule has 5 aromatic rings. The Morgan fingerprint density at radius 3 is 2.20 bits per heavy atom. The molecule has 0 unspecified atom stereocenters. The topological polar surface area (TPSA) is 256 Å². The standard InChI is InChI=1S/C60H82ClN13O9S/c1-5-74(47-14-9-12-42(2)38-47)55(77)41-73-26-11-16-49(73)58(79)68-46-20-18-45(19-21-46)57(78)64-23-8-6-7-17-53(75)62-25-34-83-37-36-81-32-22-54(76)63-24-33-82-35-31-71-27-29-72(30-28-71)52-39-51(66-44(4)67-52)69-60-65-40-50(84-60)59(80)70-56-43(3)13-10-15-48(56)61/h9-16,26,38-40,45-46H,5-8,17-25,27-37,41H2,1-4H3,(H,62,75)(H,63,76)(H,64,78)(H,68,79)(H,70,80)(H,65,66,67,69)/t45-,46-. The molecule has 454 valence electrons. The van der Waals surface area contributed by atoms with E-state index in [-0.39, 0.29) is 67.0 Å². The molecular weight excluding hydrogens is 1110 g/mol. The molecule has 2 aliphatic rings. The van der Waals surface area contributed by atoms with Gasteiger partial charge in [0.2, 0.25) is 23.6 Å². The Balaban J connectivity index is 0.623. The van der Waals surface area contributed by atoms with Gasteiger partial charge in [-0.1, -0.05) is 53.6 Å². The number of carbonyl (C=O) groups excluding carboxylic acids is 6. The van der Waals surface area contributed by atoms with E-state index in [4.69, 9.17) is 25.8 Å². The van der Waals surface area contributed by atoms with E-state index in [1.54, 1.807) is 33.9 Å². The number of carbonyl (C=O) groups is 6. The van der Waals surface area contributed by atoms with Crippen LogP contribution in [0.1, 0.15) is 102 Å². The Bertz CT molecular complexity index is 2920. The maximum absolute atomic E-state index is 13.3. The summed E-state index contributed by atoms with van der Waals surface area (Å²) >= 11 is 7.52. The van der Waals surface area contributed by atoms with Gasteiger partial charge in [0, 0.05) is 102 Å². The first-order chi connectivity index (χ1) is 40.7. The van der Waals surface area contributed by atoms with Gasteiger partial charge < -0.3 is 60.5 Å². The molecule has 7 rings (SSSR count). The Hall–Kier alpha value is -7.02. The molecule has 0 bridgehead atoms.